The summed E-state index contributed by atoms with van der Waals surface area (Å²) in [6.07, 6.45) is 5.21. The van der Waals surface area contributed by atoms with Crippen molar-refractivity contribution < 1.29 is 4.74 Å². The molecular weight excluding hydrogens is 222 g/mol. The molecule has 0 saturated heterocycles. The highest BCUT2D eigenvalue weighted by Gasteiger charge is 2.06. The van der Waals surface area contributed by atoms with Gasteiger partial charge in [0, 0.05) is 12.2 Å². The molecule has 0 amide bonds. The van der Waals surface area contributed by atoms with Crippen LogP contribution in [0.4, 0.5) is 5.69 Å². The minimum absolute atomic E-state index is 0.785. The van der Waals surface area contributed by atoms with Crippen LogP contribution in [0.3, 0.4) is 0 Å². The van der Waals surface area contributed by atoms with Crippen molar-refractivity contribution in [3.63, 3.8) is 0 Å². The molecule has 1 rings (SSSR count). The summed E-state index contributed by atoms with van der Waals surface area (Å²) < 4.78 is 5.27. The van der Waals surface area contributed by atoms with Crippen LogP contribution in [0.25, 0.3) is 0 Å². The normalized spacial score (nSPS) is 12.2. The quantitative estimate of drug-likeness (QED) is 0.725. The highest BCUT2D eigenvalue weighted by atomic mass is 16.5. The van der Waals surface area contributed by atoms with Gasteiger partial charge in [-0.25, -0.2) is 0 Å². The Morgan fingerprint density at radius 3 is 2.61 bits per heavy atom. The Hall–Kier alpha value is -1.18. The molecule has 0 aromatic heterocycles. The third-order valence-corrected chi connectivity index (χ3v) is 3.53. The Morgan fingerprint density at radius 1 is 1.28 bits per heavy atom. The highest BCUT2D eigenvalue weighted by molar-refractivity contribution is 5.50. The smallest absolute Gasteiger partial charge is 0.121 e. The summed E-state index contributed by atoms with van der Waals surface area (Å²) in [4.78, 5) is 0. The number of anilines is 1. The van der Waals surface area contributed by atoms with E-state index in [0.717, 1.165) is 18.2 Å². The molecule has 102 valence electrons. The Labute approximate surface area is 112 Å². The standard InChI is InChI=1S/C16H27NO/c1-5-7-8-14(6-2)12-17-15-9-10-16(18-4)13(3)11-15/h9-11,14,17H,5-8,12H2,1-4H3. The third kappa shape index (κ3) is 4.59. The highest BCUT2D eigenvalue weighted by Crippen LogP contribution is 2.22. The fraction of sp³-hybridized carbons (Fsp3) is 0.625. The number of rotatable bonds is 8. The van der Waals surface area contributed by atoms with Crippen LogP contribution in [0, 0.1) is 12.8 Å². The molecule has 2 nitrogen and oxygen atoms in total. The van der Waals surface area contributed by atoms with Gasteiger partial charge in [0.2, 0.25) is 0 Å². The topological polar surface area (TPSA) is 21.3 Å². The van der Waals surface area contributed by atoms with Gasteiger partial charge in [0.15, 0.2) is 0 Å². The predicted octanol–water partition coefficient (Wildman–Crippen LogP) is 4.63. The summed E-state index contributed by atoms with van der Waals surface area (Å²) in [5.74, 6) is 1.74. The van der Waals surface area contributed by atoms with Crippen molar-refractivity contribution in [2.45, 2.75) is 46.5 Å². The number of methoxy groups -OCH3 is 1. The van der Waals surface area contributed by atoms with E-state index >= 15 is 0 Å². The summed E-state index contributed by atoms with van der Waals surface area (Å²) in [6.45, 7) is 7.69. The molecule has 0 aliphatic rings. The molecule has 0 radical (unpaired) electrons. The number of hydrogen-bond donors (Lipinski definition) is 1. The van der Waals surface area contributed by atoms with Gasteiger partial charge in [-0.15, -0.1) is 0 Å². The molecule has 1 aromatic carbocycles. The Balaban J connectivity index is 2.49. The van der Waals surface area contributed by atoms with Gasteiger partial charge < -0.3 is 10.1 Å². The number of hydrogen-bond acceptors (Lipinski definition) is 2. The maximum absolute atomic E-state index is 5.27. The lowest BCUT2D eigenvalue weighted by atomic mass is 9.99. The molecule has 0 heterocycles. The van der Waals surface area contributed by atoms with Crippen LogP contribution in [0.2, 0.25) is 0 Å². The van der Waals surface area contributed by atoms with Gasteiger partial charge in [-0.3, -0.25) is 0 Å². The first-order valence-corrected chi connectivity index (χ1v) is 7.09. The van der Waals surface area contributed by atoms with Crippen molar-refractivity contribution in [2.24, 2.45) is 5.92 Å². The van der Waals surface area contributed by atoms with Crippen LogP contribution >= 0.6 is 0 Å². The van der Waals surface area contributed by atoms with E-state index in [9.17, 15) is 0 Å². The van der Waals surface area contributed by atoms with E-state index in [1.165, 1.54) is 36.9 Å². The summed E-state index contributed by atoms with van der Waals surface area (Å²) in [7, 11) is 1.72. The van der Waals surface area contributed by atoms with E-state index in [1.807, 2.05) is 6.07 Å². The zero-order valence-corrected chi connectivity index (χ0v) is 12.3. The van der Waals surface area contributed by atoms with Gasteiger partial charge in [0.1, 0.15) is 5.75 Å². The molecule has 0 fully saturated rings. The minimum Gasteiger partial charge on any atom is -0.496 e. The van der Waals surface area contributed by atoms with Crippen molar-refractivity contribution >= 4 is 5.69 Å². The van der Waals surface area contributed by atoms with E-state index in [0.29, 0.717) is 0 Å². The van der Waals surface area contributed by atoms with E-state index in [2.05, 4.69) is 38.2 Å². The van der Waals surface area contributed by atoms with Crippen LogP contribution < -0.4 is 10.1 Å². The van der Waals surface area contributed by atoms with Crippen molar-refractivity contribution in [1.29, 1.82) is 0 Å². The van der Waals surface area contributed by atoms with Crippen LogP contribution in [0.15, 0.2) is 18.2 Å². The molecule has 0 bridgehead atoms. The lowest BCUT2D eigenvalue weighted by Gasteiger charge is -2.17. The zero-order valence-electron chi connectivity index (χ0n) is 12.3. The van der Waals surface area contributed by atoms with Crippen LogP contribution in [0.5, 0.6) is 5.75 Å². The van der Waals surface area contributed by atoms with Gasteiger partial charge in [-0.2, -0.15) is 0 Å². The van der Waals surface area contributed by atoms with Gasteiger partial charge in [-0.05, 0) is 43.0 Å². The fourth-order valence-corrected chi connectivity index (χ4v) is 2.19. The van der Waals surface area contributed by atoms with Crippen LogP contribution in [-0.4, -0.2) is 13.7 Å². The predicted molar refractivity (Wildman–Crippen MR) is 79.5 cm³/mol. The van der Waals surface area contributed by atoms with E-state index in [-0.39, 0.29) is 0 Å². The molecule has 18 heavy (non-hydrogen) atoms. The molecule has 1 atom stereocenters. The maximum atomic E-state index is 5.27. The summed E-state index contributed by atoms with van der Waals surface area (Å²) >= 11 is 0. The molecule has 0 saturated carbocycles. The summed E-state index contributed by atoms with van der Waals surface area (Å²) in [6, 6.07) is 6.29. The molecular formula is C16H27NO. The van der Waals surface area contributed by atoms with Crippen LogP contribution in [0.1, 0.15) is 45.1 Å². The molecule has 0 aliphatic carbocycles. The molecule has 2 heteroatoms. The molecule has 0 spiro atoms. The summed E-state index contributed by atoms with van der Waals surface area (Å²) in [5.41, 5.74) is 2.38. The number of nitrogens with one attached hydrogen (secondary N) is 1. The Kier molecular flexibility index (Phi) is 6.63. The monoisotopic (exact) mass is 249 g/mol. The average molecular weight is 249 g/mol. The van der Waals surface area contributed by atoms with Gasteiger partial charge >= 0.3 is 0 Å². The van der Waals surface area contributed by atoms with Crippen molar-refractivity contribution in [2.75, 3.05) is 19.0 Å². The Morgan fingerprint density at radius 2 is 2.06 bits per heavy atom. The number of unbranched alkanes of at least 4 members (excludes halogenated alkanes) is 1. The SMILES string of the molecule is CCCCC(CC)CNc1ccc(OC)c(C)c1. The lowest BCUT2D eigenvalue weighted by molar-refractivity contribution is 0.411. The van der Waals surface area contributed by atoms with Crippen molar-refractivity contribution in [3.05, 3.63) is 23.8 Å². The van der Waals surface area contributed by atoms with E-state index in [4.69, 9.17) is 4.74 Å². The molecule has 1 aromatic rings. The van der Waals surface area contributed by atoms with Gasteiger partial charge in [0.05, 0.1) is 7.11 Å². The summed E-state index contributed by atoms with van der Waals surface area (Å²) in [5, 5.41) is 3.54. The van der Waals surface area contributed by atoms with E-state index in [1.54, 1.807) is 7.11 Å². The van der Waals surface area contributed by atoms with Crippen molar-refractivity contribution in [1.82, 2.24) is 0 Å². The largest absolute Gasteiger partial charge is 0.496 e. The maximum Gasteiger partial charge on any atom is 0.121 e. The molecule has 1 unspecified atom stereocenters. The second-order valence-electron chi connectivity index (χ2n) is 4.98. The van der Waals surface area contributed by atoms with E-state index < -0.39 is 0 Å². The first kappa shape index (κ1) is 14.9. The first-order chi connectivity index (χ1) is 8.71. The number of ether oxygens (including phenoxy) is 1. The van der Waals surface area contributed by atoms with Gasteiger partial charge in [-0.1, -0.05) is 33.1 Å². The molecule has 0 aliphatic heterocycles. The Bertz CT molecular complexity index is 349. The number of aryl methyl sites for hydroxylation is 1. The lowest BCUT2D eigenvalue weighted by Crippen LogP contribution is -2.13. The second-order valence-corrected chi connectivity index (χ2v) is 4.98. The fourth-order valence-electron chi connectivity index (χ4n) is 2.19. The van der Waals surface area contributed by atoms with Gasteiger partial charge in [0.25, 0.3) is 0 Å². The second kappa shape index (κ2) is 8.02. The third-order valence-electron chi connectivity index (χ3n) is 3.53. The van der Waals surface area contributed by atoms with Crippen LogP contribution in [-0.2, 0) is 0 Å². The number of benzene rings is 1. The van der Waals surface area contributed by atoms with Crippen molar-refractivity contribution in [3.8, 4) is 5.75 Å². The zero-order chi connectivity index (χ0) is 13.4. The average Bonchev–Trinajstić information content (AvgIpc) is 2.39. The molecule has 1 N–H and O–H groups in total. The first-order valence-electron chi connectivity index (χ1n) is 7.09. The minimum atomic E-state index is 0.785.